The van der Waals surface area contributed by atoms with Gasteiger partial charge in [0.2, 0.25) is 0 Å². The number of carbonyl (C=O) groups is 2. The molecule has 0 N–H and O–H groups in total. The van der Waals surface area contributed by atoms with E-state index in [4.69, 9.17) is 4.74 Å². The van der Waals surface area contributed by atoms with Crippen LogP contribution in [0.5, 0.6) is 0 Å². The normalized spacial score (nSPS) is 29.5. The molecule has 0 amide bonds. The van der Waals surface area contributed by atoms with Gasteiger partial charge < -0.3 is 4.74 Å². The van der Waals surface area contributed by atoms with Gasteiger partial charge in [0.25, 0.3) is 5.78 Å². The van der Waals surface area contributed by atoms with E-state index in [1.165, 1.54) is 0 Å². The van der Waals surface area contributed by atoms with E-state index < -0.39 is 11.8 Å². The summed E-state index contributed by atoms with van der Waals surface area (Å²) >= 11 is 0. The van der Waals surface area contributed by atoms with Crippen LogP contribution in [0.2, 0.25) is 0 Å². The Labute approximate surface area is 64.0 Å². The number of ketones is 1. The molecule has 1 aliphatic carbocycles. The summed E-state index contributed by atoms with van der Waals surface area (Å²) in [4.78, 5) is 21.8. The average molecular weight is 152 g/mol. The molecule has 1 aliphatic heterocycles. The first-order valence-electron chi connectivity index (χ1n) is 3.72. The van der Waals surface area contributed by atoms with Gasteiger partial charge in [0.1, 0.15) is 6.10 Å². The molecule has 1 fully saturated rings. The number of hydrogen-bond donors (Lipinski definition) is 0. The lowest BCUT2D eigenvalue weighted by Crippen LogP contribution is -2.34. The Balaban J connectivity index is 2.33. The maximum Gasteiger partial charge on any atom is 0.379 e. The third-order valence-corrected chi connectivity index (χ3v) is 2.08. The van der Waals surface area contributed by atoms with Crippen LogP contribution in [0.15, 0.2) is 11.6 Å². The highest BCUT2D eigenvalue weighted by molar-refractivity contribution is 6.41. The number of rotatable bonds is 0. The minimum atomic E-state index is -0.674. The lowest BCUT2D eigenvalue weighted by Gasteiger charge is -2.26. The van der Waals surface area contributed by atoms with Crippen LogP contribution in [0.1, 0.15) is 19.3 Å². The third kappa shape index (κ3) is 0.964. The van der Waals surface area contributed by atoms with Gasteiger partial charge >= 0.3 is 5.97 Å². The van der Waals surface area contributed by atoms with Gasteiger partial charge in [-0.05, 0) is 12.8 Å². The maximum absolute atomic E-state index is 11.0. The maximum atomic E-state index is 11.0. The highest BCUT2D eigenvalue weighted by Gasteiger charge is 2.33. The van der Waals surface area contributed by atoms with Crippen molar-refractivity contribution >= 4 is 11.8 Å². The van der Waals surface area contributed by atoms with E-state index in [2.05, 4.69) is 0 Å². The molecule has 0 radical (unpaired) electrons. The fourth-order valence-corrected chi connectivity index (χ4v) is 1.50. The predicted molar refractivity (Wildman–Crippen MR) is 36.8 cm³/mol. The van der Waals surface area contributed by atoms with Crippen molar-refractivity contribution in [3.05, 3.63) is 11.6 Å². The van der Waals surface area contributed by atoms with Crippen LogP contribution in [0.3, 0.4) is 0 Å². The topological polar surface area (TPSA) is 43.4 Å². The first-order chi connectivity index (χ1) is 5.27. The van der Waals surface area contributed by atoms with E-state index in [0.717, 1.165) is 12.8 Å². The van der Waals surface area contributed by atoms with Crippen LogP contribution in [0.25, 0.3) is 0 Å². The number of allylic oxidation sites excluding steroid dienone is 1. The Morgan fingerprint density at radius 1 is 1.45 bits per heavy atom. The van der Waals surface area contributed by atoms with Crippen molar-refractivity contribution in [1.29, 1.82) is 0 Å². The molecular weight excluding hydrogens is 144 g/mol. The second-order valence-electron chi connectivity index (χ2n) is 2.87. The molecule has 1 atom stereocenters. The summed E-state index contributed by atoms with van der Waals surface area (Å²) in [6.45, 7) is 0. The van der Waals surface area contributed by atoms with Crippen molar-refractivity contribution in [3.63, 3.8) is 0 Å². The van der Waals surface area contributed by atoms with Crippen LogP contribution in [0, 0.1) is 0 Å². The zero-order chi connectivity index (χ0) is 7.84. The van der Waals surface area contributed by atoms with Crippen LogP contribution in [-0.4, -0.2) is 17.9 Å². The molecule has 3 heteroatoms. The molecule has 2 aliphatic rings. The molecule has 2 bridgehead atoms. The van der Waals surface area contributed by atoms with Crippen molar-refractivity contribution in [1.82, 2.24) is 0 Å². The van der Waals surface area contributed by atoms with Gasteiger partial charge in [0.15, 0.2) is 0 Å². The Hall–Kier alpha value is -1.12. The molecular formula is C8H8O3. The predicted octanol–water partition coefficient (Wildman–Crippen LogP) is 0.591. The summed E-state index contributed by atoms with van der Waals surface area (Å²) in [5.74, 6) is -1.12. The lowest BCUT2D eigenvalue weighted by molar-refractivity contribution is -0.160. The SMILES string of the molecule is O=C1OC2CCC=C(C2)C1=O. The Kier molecular flexibility index (Phi) is 1.31. The third-order valence-electron chi connectivity index (χ3n) is 2.08. The number of Topliss-reactive ketones (excluding diaryl/α,β-unsaturated/α-hetero) is 1. The van der Waals surface area contributed by atoms with Gasteiger partial charge in [-0.3, -0.25) is 4.79 Å². The molecule has 1 saturated heterocycles. The zero-order valence-electron chi connectivity index (χ0n) is 6.00. The smallest absolute Gasteiger partial charge is 0.379 e. The second kappa shape index (κ2) is 2.19. The molecule has 0 aromatic heterocycles. The zero-order valence-corrected chi connectivity index (χ0v) is 6.00. The Morgan fingerprint density at radius 2 is 2.27 bits per heavy atom. The van der Waals surface area contributed by atoms with Crippen molar-refractivity contribution < 1.29 is 14.3 Å². The summed E-state index contributed by atoms with van der Waals surface area (Å²) in [5, 5.41) is 0. The number of fused-ring (bicyclic) bond motifs is 2. The van der Waals surface area contributed by atoms with Gasteiger partial charge in [0, 0.05) is 12.0 Å². The highest BCUT2D eigenvalue weighted by Crippen LogP contribution is 2.26. The van der Waals surface area contributed by atoms with Gasteiger partial charge in [-0.1, -0.05) is 6.08 Å². The fourth-order valence-electron chi connectivity index (χ4n) is 1.50. The number of esters is 1. The van der Waals surface area contributed by atoms with Gasteiger partial charge in [-0.15, -0.1) is 0 Å². The van der Waals surface area contributed by atoms with Crippen LogP contribution < -0.4 is 0 Å². The summed E-state index contributed by atoms with van der Waals surface area (Å²) in [5.41, 5.74) is 0.650. The van der Waals surface area contributed by atoms with Crippen LogP contribution >= 0.6 is 0 Å². The van der Waals surface area contributed by atoms with Crippen molar-refractivity contribution in [3.8, 4) is 0 Å². The highest BCUT2D eigenvalue weighted by atomic mass is 16.5. The van der Waals surface area contributed by atoms with Gasteiger partial charge in [0.05, 0.1) is 0 Å². The van der Waals surface area contributed by atoms with Crippen molar-refractivity contribution in [2.24, 2.45) is 0 Å². The van der Waals surface area contributed by atoms with Gasteiger partial charge in [-0.25, -0.2) is 4.79 Å². The summed E-state index contributed by atoms with van der Waals surface area (Å²) < 4.78 is 4.84. The molecule has 1 heterocycles. The quantitative estimate of drug-likeness (QED) is 0.377. The molecule has 1 unspecified atom stereocenters. The van der Waals surface area contributed by atoms with E-state index in [0.29, 0.717) is 12.0 Å². The minimum Gasteiger partial charge on any atom is -0.456 e. The minimum absolute atomic E-state index is 0.0276. The van der Waals surface area contributed by atoms with Crippen molar-refractivity contribution in [2.75, 3.05) is 0 Å². The molecule has 0 aromatic carbocycles. The lowest BCUT2D eigenvalue weighted by atomic mass is 9.92. The van der Waals surface area contributed by atoms with E-state index in [-0.39, 0.29) is 6.10 Å². The monoisotopic (exact) mass is 152 g/mol. The van der Waals surface area contributed by atoms with Crippen LogP contribution in [0.4, 0.5) is 0 Å². The largest absolute Gasteiger partial charge is 0.456 e. The number of hydrogen-bond acceptors (Lipinski definition) is 3. The molecule has 2 rings (SSSR count). The van der Waals surface area contributed by atoms with Gasteiger partial charge in [-0.2, -0.15) is 0 Å². The molecule has 0 spiro atoms. The first-order valence-corrected chi connectivity index (χ1v) is 3.72. The van der Waals surface area contributed by atoms with E-state index >= 15 is 0 Å². The number of carbonyl (C=O) groups excluding carboxylic acids is 2. The molecule has 11 heavy (non-hydrogen) atoms. The molecule has 3 nitrogen and oxygen atoms in total. The second-order valence-corrected chi connectivity index (χ2v) is 2.87. The van der Waals surface area contributed by atoms with E-state index in [1.54, 1.807) is 0 Å². The standard InChI is InChI=1S/C8H8O3/c9-7-5-2-1-3-6(4-5)11-8(7)10/h2,6H,1,3-4H2. The molecule has 0 saturated carbocycles. The fraction of sp³-hybridized carbons (Fsp3) is 0.500. The Morgan fingerprint density at radius 3 is 3.09 bits per heavy atom. The van der Waals surface area contributed by atoms with E-state index in [1.807, 2.05) is 6.08 Å². The molecule has 0 aromatic rings. The van der Waals surface area contributed by atoms with Crippen molar-refractivity contribution in [2.45, 2.75) is 25.4 Å². The molecule has 58 valence electrons. The summed E-state index contributed by atoms with van der Waals surface area (Å²) in [6, 6.07) is 0. The number of ether oxygens (including phenoxy) is 1. The summed E-state index contributed by atoms with van der Waals surface area (Å²) in [6.07, 6.45) is 4.17. The summed E-state index contributed by atoms with van der Waals surface area (Å²) in [7, 11) is 0. The van der Waals surface area contributed by atoms with E-state index in [9.17, 15) is 9.59 Å². The Bertz CT molecular complexity index is 252. The average Bonchev–Trinajstić information content (AvgIpc) is 2.01. The van der Waals surface area contributed by atoms with Crippen LogP contribution in [-0.2, 0) is 14.3 Å². The first kappa shape index (κ1) is 6.58.